The molecule has 3 aromatic rings. The van der Waals surface area contributed by atoms with Crippen LogP contribution in [0, 0.1) is 6.92 Å². The average molecular weight is 440 g/mol. The fourth-order valence-electron chi connectivity index (χ4n) is 2.04. The number of nitrogens with two attached hydrogens (primary N) is 1. The number of aromatic nitrogens is 3. The van der Waals surface area contributed by atoms with Gasteiger partial charge in [0.1, 0.15) is 11.5 Å². The lowest BCUT2D eigenvalue weighted by Crippen LogP contribution is -2.17. The number of hydrogen-bond donors (Lipinski definition) is 3. The van der Waals surface area contributed by atoms with Gasteiger partial charge in [-0.2, -0.15) is 5.10 Å². The van der Waals surface area contributed by atoms with Gasteiger partial charge in [-0.3, -0.25) is 4.79 Å². The molecule has 1 amide bonds. The second-order valence-electron chi connectivity index (χ2n) is 5.43. The zero-order chi connectivity index (χ0) is 20.1. The van der Waals surface area contributed by atoms with Gasteiger partial charge in [0.15, 0.2) is 0 Å². The van der Waals surface area contributed by atoms with Crippen LogP contribution in [0.5, 0.6) is 0 Å². The summed E-state index contributed by atoms with van der Waals surface area (Å²) in [6, 6.07) is 8.58. The molecule has 3 rings (SSSR count). The van der Waals surface area contributed by atoms with Crippen molar-refractivity contribution in [3.63, 3.8) is 0 Å². The summed E-state index contributed by atoms with van der Waals surface area (Å²) in [5.41, 5.74) is 3.09. The molecular weight excluding hydrogens is 425 g/mol. The predicted molar refractivity (Wildman–Crippen MR) is 111 cm³/mol. The summed E-state index contributed by atoms with van der Waals surface area (Å²) < 4.78 is 6.55. The second kappa shape index (κ2) is 9.00. The molecule has 4 N–H and O–H groups in total. The number of nitrogen functional groups attached to an aromatic ring is 1. The molecule has 0 atom stereocenters. The molecule has 0 bridgehead atoms. The van der Waals surface area contributed by atoms with Gasteiger partial charge in [0.2, 0.25) is 11.1 Å². The number of rotatable bonds is 7. The van der Waals surface area contributed by atoms with Crippen LogP contribution in [0.2, 0.25) is 10.0 Å². The minimum Gasteiger partial charge on any atom is -0.460 e. The molecule has 12 heteroatoms. The number of hydrazone groups is 1. The predicted octanol–water partition coefficient (Wildman–Crippen LogP) is 3.38. The minimum atomic E-state index is -0.294. The molecule has 0 aliphatic carbocycles. The number of nitrogens with zero attached hydrogens (tertiary/aromatic N) is 4. The number of aryl methyl sites for hydroxylation is 1. The number of hydrogen-bond acceptors (Lipinski definition) is 8. The molecule has 0 saturated carbocycles. The van der Waals surface area contributed by atoms with E-state index in [1.807, 2.05) is 13.0 Å². The SMILES string of the molecule is Cc1ccc(/C=N/Nc2nnc(SCC(=O)Nc3cccc(Cl)c3Cl)n2N)o1. The highest BCUT2D eigenvalue weighted by atomic mass is 35.5. The maximum Gasteiger partial charge on any atom is 0.264 e. The molecule has 0 radical (unpaired) electrons. The Balaban J connectivity index is 1.54. The topological polar surface area (TPSA) is 123 Å². The Morgan fingerprint density at radius 3 is 2.93 bits per heavy atom. The molecule has 1 aromatic carbocycles. The highest BCUT2D eigenvalue weighted by Crippen LogP contribution is 2.29. The van der Waals surface area contributed by atoms with Gasteiger partial charge in [-0.25, -0.2) is 10.1 Å². The molecule has 0 aliphatic rings. The van der Waals surface area contributed by atoms with E-state index in [4.69, 9.17) is 33.5 Å². The lowest BCUT2D eigenvalue weighted by molar-refractivity contribution is -0.113. The number of benzene rings is 1. The molecule has 146 valence electrons. The summed E-state index contributed by atoms with van der Waals surface area (Å²) in [4.78, 5) is 12.1. The van der Waals surface area contributed by atoms with E-state index in [2.05, 4.69) is 26.0 Å². The molecule has 0 spiro atoms. The van der Waals surface area contributed by atoms with Gasteiger partial charge in [0, 0.05) is 0 Å². The van der Waals surface area contributed by atoms with E-state index < -0.39 is 0 Å². The number of halogens is 2. The van der Waals surface area contributed by atoms with E-state index in [0.29, 0.717) is 21.6 Å². The summed E-state index contributed by atoms with van der Waals surface area (Å²) in [5.74, 6) is 7.23. The fraction of sp³-hybridized carbons (Fsp3) is 0.125. The third-order valence-corrected chi connectivity index (χ3v) is 5.10. The van der Waals surface area contributed by atoms with E-state index in [-0.39, 0.29) is 22.6 Å². The first kappa shape index (κ1) is 20.1. The van der Waals surface area contributed by atoms with E-state index in [1.54, 1.807) is 24.3 Å². The summed E-state index contributed by atoms with van der Waals surface area (Å²) in [6.07, 6.45) is 1.48. The van der Waals surface area contributed by atoms with Crippen molar-refractivity contribution in [2.24, 2.45) is 5.10 Å². The van der Waals surface area contributed by atoms with Crippen molar-refractivity contribution in [2.75, 3.05) is 22.3 Å². The molecule has 0 unspecified atom stereocenters. The Labute approximate surface area is 174 Å². The molecule has 2 aromatic heterocycles. The van der Waals surface area contributed by atoms with Crippen molar-refractivity contribution in [1.82, 2.24) is 14.9 Å². The molecule has 0 aliphatic heterocycles. The fourth-order valence-corrected chi connectivity index (χ4v) is 3.05. The maximum atomic E-state index is 12.1. The van der Waals surface area contributed by atoms with Crippen LogP contribution in [0.15, 0.2) is 45.0 Å². The monoisotopic (exact) mass is 439 g/mol. The molecule has 28 heavy (non-hydrogen) atoms. The molecular formula is C16H15Cl2N7O2S. The van der Waals surface area contributed by atoms with Crippen molar-refractivity contribution in [3.05, 3.63) is 51.9 Å². The van der Waals surface area contributed by atoms with Gasteiger partial charge in [-0.1, -0.05) is 41.0 Å². The second-order valence-corrected chi connectivity index (χ2v) is 7.16. The Bertz CT molecular complexity index is 1020. The van der Waals surface area contributed by atoms with Crippen LogP contribution in [0.4, 0.5) is 11.6 Å². The summed E-state index contributed by atoms with van der Waals surface area (Å²) in [6.45, 7) is 1.83. The summed E-state index contributed by atoms with van der Waals surface area (Å²) in [5, 5.41) is 15.4. The molecule has 0 saturated heterocycles. The average Bonchev–Trinajstić information content (AvgIpc) is 3.23. The lowest BCUT2D eigenvalue weighted by Gasteiger charge is -2.07. The number of furan rings is 1. The zero-order valence-corrected chi connectivity index (χ0v) is 16.8. The quantitative estimate of drug-likeness (QED) is 0.223. The third kappa shape index (κ3) is 4.97. The van der Waals surface area contributed by atoms with Crippen LogP contribution in [0.3, 0.4) is 0 Å². The minimum absolute atomic E-state index is 0.0487. The van der Waals surface area contributed by atoms with Crippen LogP contribution in [-0.2, 0) is 4.79 Å². The van der Waals surface area contributed by atoms with Crippen molar-refractivity contribution >= 4 is 58.7 Å². The van der Waals surface area contributed by atoms with E-state index in [1.165, 1.54) is 10.9 Å². The Morgan fingerprint density at radius 1 is 1.36 bits per heavy atom. The first-order valence-corrected chi connectivity index (χ1v) is 9.61. The van der Waals surface area contributed by atoms with E-state index in [0.717, 1.165) is 17.5 Å². The Morgan fingerprint density at radius 2 is 2.18 bits per heavy atom. The van der Waals surface area contributed by atoms with Crippen molar-refractivity contribution in [1.29, 1.82) is 0 Å². The van der Waals surface area contributed by atoms with E-state index in [9.17, 15) is 4.79 Å². The number of carbonyl (C=O) groups is 1. The highest BCUT2D eigenvalue weighted by Gasteiger charge is 2.13. The first-order chi connectivity index (χ1) is 13.4. The van der Waals surface area contributed by atoms with Gasteiger partial charge in [0.25, 0.3) is 5.95 Å². The first-order valence-electron chi connectivity index (χ1n) is 7.86. The normalized spacial score (nSPS) is 11.1. The number of thioether (sulfide) groups is 1. The van der Waals surface area contributed by atoms with Gasteiger partial charge in [0.05, 0.1) is 27.7 Å². The maximum absolute atomic E-state index is 12.1. The molecule has 2 heterocycles. The number of nitrogens with one attached hydrogen (secondary N) is 2. The largest absolute Gasteiger partial charge is 0.460 e. The third-order valence-electron chi connectivity index (χ3n) is 3.34. The number of carbonyl (C=O) groups excluding carboxylic acids is 1. The molecule has 9 nitrogen and oxygen atoms in total. The van der Waals surface area contributed by atoms with Crippen LogP contribution >= 0.6 is 35.0 Å². The van der Waals surface area contributed by atoms with Crippen LogP contribution in [0.25, 0.3) is 0 Å². The standard InChI is InChI=1S/C16H15Cl2N7O2S/c1-9-5-6-10(27-9)7-20-22-15-23-24-16(25(15)19)28-8-13(26)21-12-4-2-3-11(17)14(12)18/h2-7H,8,19H2,1H3,(H,21,26)(H,22,23)/b20-7+. The Hall–Kier alpha value is -2.69. The van der Waals surface area contributed by atoms with Crippen LogP contribution in [-0.4, -0.2) is 32.7 Å². The summed E-state index contributed by atoms with van der Waals surface area (Å²) in [7, 11) is 0. The van der Waals surface area contributed by atoms with E-state index >= 15 is 0 Å². The van der Waals surface area contributed by atoms with Crippen LogP contribution in [0.1, 0.15) is 11.5 Å². The van der Waals surface area contributed by atoms with Crippen LogP contribution < -0.4 is 16.6 Å². The molecule has 0 fully saturated rings. The van der Waals surface area contributed by atoms with Crippen molar-refractivity contribution in [3.8, 4) is 0 Å². The zero-order valence-electron chi connectivity index (χ0n) is 14.5. The summed E-state index contributed by atoms with van der Waals surface area (Å²) >= 11 is 13.1. The van der Waals surface area contributed by atoms with Gasteiger partial charge in [-0.05, 0) is 31.2 Å². The van der Waals surface area contributed by atoms with Crippen molar-refractivity contribution in [2.45, 2.75) is 12.1 Å². The van der Waals surface area contributed by atoms with Gasteiger partial charge in [-0.15, -0.1) is 10.2 Å². The smallest absolute Gasteiger partial charge is 0.264 e. The number of anilines is 2. The highest BCUT2D eigenvalue weighted by molar-refractivity contribution is 7.99. The van der Waals surface area contributed by atoms with Gasteiger partial charge >= 0.3 is 0 Å². The van der Waals surface area contributed by atoms with Crippen molar-refractivity contribution < 1.29 is 9.21 Å². The number of amides is 1. The van der Waals surface area contributed by atoms with Gasteiger partial charge < -0.3 is 15.6 Å². The lowest BCUT2D eigenvalue weighted by atomic mass is 10.3. The Kier molecular flexibility index (Phi) is 6.45.